The topological polar surface area (TPSA) is 78.7 Å². The highest BCUT2D eigenvalue weighted by atomic mass is 16.5. The number of nitrogens with zero attached hydrogens (tertiary/aromatic N) is 4. The van der Waals surface area contributed by atoms with Crippen LogP contribution in [0.1, 0.15) is 16.1 Å². The van der Waals surface area contributed by atoms with E-state index in [2.05, 4.69) is 16.0 Å². The van der Waals surface area contributed by atoms with Crippen LogP contribution in [0.25, 0.3) is 10.9 Å². The summed E-state index contributed by atoms with van der Waals surface area (Å²) in [5, 5.41) is 10.4. The first-order chi connectivity index (χ1) is 14.6. The van der Waals surface area contributed by atoms with Crippen LogP contribution in [0.5, 0.6) is 11.5 Å². The van der Waals surface area contributed by atoms with Gasteiger partial charge >= 0.3 is 0 Å². The van der Waals surface area contributed by atoms with Gasteiger partial charge in [0.2, 0.25) is 0 Å². The van der Waals surface area contributed by atoms with Crippen molar-refractivity contribution in [3.05, 3.63) is 59.8 Å². The second-order valence-corrected chi connectivity index (χ2v) is 7.04. The molecule has 0 spiro atoms. The molecule has 1 fully saturated rings. The molecule has 0 saturated carbocycles. The van der Waals surface area contributed by atoms with E-state index in [4.69, 9.17) is 9.47 Å². The molecule has 0 atom stereocenters. The molecular formula is C23H22N4O3. The standard InChI is InChI=1S/C23H22N4O3/c1-29-18-11-16(12-19(14-18)30-2)23(28)27-9-7-26(8-10-27)22-13-17(15-24)25-21-6-4-3-5-20(21)22/h3-6,11-14H,7-10H2,1-2H3. The molecule has 0 unspecified atom stereocenters. The number of carbonyl (C=O) groups is 1. The van der Waals surface area contributed by atoms with Gasteiger partial charge in [0, 0.05) is 48.9 Å². The van der Waals surface area contributed by atoms with Gasteiger partial charge < -0.3 is 19.3 Å². The highest BCUT2D eigenvalue weighted by molar-refractivity contribution is 5.96. The fraction of sp³-hybridized carbons (Fsp3) is 0.261. The number of hydrogen-bond acceptors (Lipinski definition) is 6. The van der Waals surface area contributed by atoms with Gasteiger partial charge in [-0.2, -0.15) is 5.26 Å². The number of methoxy groups -OCH3 is 2. The van der Waals surface area contributed by atoms with Gasteiger partial charge in [0.1, 0.15) is 23.3 Å². The summed E-state index contributed by atoms with van der Waals surface area (Å²) in [6.45, 7) is 2.51. The van der Waals surface area contributed by atoms with Crippen molar-refractivity contribution in [3.8, 4) is 17.6 Å². The predicted octanol–water partition coefficient (Wildman–Crippen LogP) is 3.09. The quantitative estimate of drug-likeness (QED) is 0.667. The van der Waals surface area contributed by atoms with Crippen molar-refractivity contribution in [1.29, 1.82) is 5.26 Å². The summed E-state index contributed by atoms with van der Waals surface area (Å²) in [4.78, 5) is 21.5. The number of hydrogen-bond donors (Lipinski definition) is 0. The number of aromatic nitrogens is 1. The van der Waals surface area contributed by atoms with Crippen LogP contribution in [0, 0.1) is 11.3 Å². The lowest BCUT2D eigenvalue weighted by atomic mass is 10.1. The molecule has 4 rings (SSSR count). The molecule has 152 valence electrons. The van der Waals surface area contributed by atoms with E-state index in [9.17, 15) is 10.1 Å². The SMILES string of the molecule is COc1cc(OC)cc(C(=O)N2CCN(c3cc(C#N)nc4ccccc34)CC2)c1. The molecular weight excluding hydrogens is 380 g/mol. The van der Waals surface area contributed by atoms with Gasteiger partial charge in [-0.3, -0.25) is 4.79 Å². The normalized spacial score (nSPS) is 13.8. The third-order valence-corrected chi connectivity index (χ3v) is 5.31. The van der Waals surface area contributed by atoms with Crippen LogP contribution in [0.3, 0.4) is 0 Å². The number of rotatable bonds is 4. The first-order valence-electron chi connectivity index (χ1n) is 9.70. The second-order valence-electron chi connectivity index (χ2n) is 7.04. The zero-order valence-corrected chi connectivity index (χ0v) is 17.0. The number of nitriles is 1. The van der Waals surface area contributed by atoms with E-state index in [1.807, 2.05) is 35.2 Å². The van der Waals surface area contributed by atoms with Crippen molar-refractivity contribution in [3.63, 3.8) is 0 Å². The van der Waals surface area contributed by atoms with Crippen LogP contribution in [-0.2, 0) is 0 Å². The summed E-state index contributed by atoms with van der Waals surface area (Å²) >= 11 is 0. The maximum Gasteiger partial charge on any atom is 0.254 e. The van der Waals surface area contributed by atoms with Crippen LogP contribution in [0.2, 0.25) is 0 Å². The number of carbonyl (C=O) groups excluding carboxylic acids is 1. The molecule has 1 aliphatic heterocycles. The summed E-state index contributed by atoms with van der Waals surface area (Å²) < 4.78 is 10.6. The smallest absolute Gasteiger partial charge is 0.254 e. The molecule has 1 amide bonds. The summed E-state index contributed by atoms with van der Waals surface area (Å²) in [5.74, 6) is 1.12. The Kier molecular flexibility index (Phi) is 5.40. The zero-order valence-electron chi connectivity index (χ0n) is 17.0. The number of ether oxygens (including phenoxy) is 2. The number of para-hydroxylation sites is 1. The molecule has 1 aliphatic rings. The molecule has 0 bridgehead atoms. The van der Waals surface area contributed by atoms with Crippen molar-refractivity contribution in [2.45, 2.75) is 0 Å². The Labute approximate surface area is 175 Å². The fourth-order valence-corrected chi connectivity index (χ4v) is 3.74. The van der Waals surface area contributed by atoms with E-state index in [-0.39, 0.29) is 5.91 Å². The predicted molar refractivity (Wildman–Crippen MR) is 114 cm³/mol. The van der Waals surface area contributed by atoms with E-state index in [0.29, 0.717) is 48.9 Å². The molecule has 0 aliphatic carbocycles. The van der Waals surface area contributed by atoms with Crippen molar-refractivity contribution >= 4 is 22.5 Å². The van der Waals surface area contributed by atoms with E-state index in [1.165, 1.54) is 0 Å². The average molecular weight is 402 g/mol. The Bertz CT molecular complexity index is 1110. The molecule has 1 saturated heterocycles. The number of pyridine rings is 1. The molecule has 7 nitrogen and oxygen atoms in total. The number of benzene rings is 2. The van der Waals surface area contributed by atoms with Gasteiger partial charge in [-0.1, -0.05) is 18.2 Å². The van der Waals surface area contributed by atoms with E-state index < -0.39 is 0 Å². The van der Waals surface area contributed by atoms with Gasteiger partial charge in [0.25, 0.3) is 5.91 Å². The first kappa shape index (κ1) is 19.5. The highest BCUT2D eigenvalue weighted by Crippen LogP contribution is 2.28. The Morgan fingerprint density at radius 1 is 1.00 bits per heavy atom. The lowest BCUT2D eigenvalue weighted by molar-refractivity contribution is 0.0746. The molecule has 0 radical (unpaired) electrons. The summed E-state index contributed by atoms with van der Waals surface area (Å²) in [6, 6.07) is 17.0. The number of amides is 1. The molecule has 3 aromatic rings. The third kappa shape index (κ3) is 3.72. The van der Waals surface area contributed by atoms with E-state index >= 15 is 0 Å². The van der Waals surface area contributed by atoms with Gasteiger partial charge in [-0.15, -0.1) is 0 Å². The van der Waals surface area contributed by atoms with Crippen LogP contribution in [0.15, 0.2) is 48.5 Å². The maximum atomic E-state index is 13.0. The summed E-state index contributed by atoms with van der Waals surface area (Å²) in [5.41, 5.74) is 2.72. The van der Waals surface area contributed by atoms with E-state index in [1.54, 1.807) is 32.4 Å². The van der Waals surface area contributed by atoms with Crippen LogP contribution in [-0.4, -0.2) is 56.2 Å². The zero-order chi connectivity index (χ0) is 21.1. The Balaban J connectivity index is 1.54. The number of piperazine rings is 1. The number of fused-ring (bicyclic) bond motifs is 1. The Hall–Kier alpha value is -3.79. The molecule has 0 N–H and O–H groups in total. The van der Waals surface area contributed by atoms with Crippen molar-refractivity contribution in [2.24, 2.45) is 0 Å². The monoisotopic (exact) mass is 402 g/mol. The third-order valence-electron chi connectivity index (χ3n) is 5.31. The van der Waals surface area contributed by atoms with Gasteiger partial charge in [0.15, 0.2) is 0 Å². The minimum Gasteiger partial charge on any atom is -0.497 e. The van der Waals surface area contributed by atoms with Gasteiger partial charge in [-0.05, 0) is 24.3 Å². The van der Waals surface area contributed by atoms with Crippen molar-refractivity contribution < 1.29 is 14.3 Å². The molecule has 30 heavy (non-hydrogen) atoms. The largest absolute Gasteiger partial charge is 0.497 e. The second kappa shape index (κ2) is 8.29. The van der Waals surface area contributed by atoms with Crippen molar-refractivity contribution in [1.82, 2.24) is 9.88 Å². The summed E-state index contributed by atoms with van der Waals surface area (Å²) in [7, 11) is 3.13. The first-order valence-corrected chi connectivity index (χ1v) is 9.70. The maximum absolute atomic E-state index is 13.0. The van der Waals surface area contributed by atoms with Crippen LogP contribution >= 0.6 is 0 Å². The van der Waals surface area contributed by atoms with E-state index in [0.717, 1.165) is 16.6 Å². The molecule has 1 aromatic heterocycles. The minimum atomic E-state index is -0.0517. The summed E-state index contributed by atoms with van der Waals surface area (Å²) in [6.07, 6.45) is 0. The molecule has 2 heterocycles. The lowest BCUT2D eigenvalue weighted by Gasteiger charge is -2.36. The highest BCUT2D eigenvalue weighted by Gasteiger charge is 2.24. The Morgan fingerprint density at radius 2 is 1.67 bits per heavy atom. The average Bonchev–Trinajstić information content (AvgIpc) is 2.82. The lowest BCUT2D eigenvalue weighted by Crippen LogP contribution is -2.48. The fourth-order valence-electron chi connectivity index (χ4n) is 3.74. The number of anilines is 1. The Morgan fingerprint density at radius 3 is 2.30 bits per heavy atom. The van der Waals surface area contributed by atoms with Crippen LogP contribution < -0.4 is 14.4 Å². The molecule has 2 aromatic carbocycles. The molecule has 7 heteroatoms. The van der Waals surface area contributed by atoms with Gasteiger partial charge in [-0.25, -0.2) is 4.98 Å². The van der Waals surface area contributed by atoms with Gasteiger partial charge in [0.05, 0.1) is 19.7 Å². The van der Waals surface area contributed by atoms with Crippen molar-refractivity contribution in [2.75, 3.05) is 45.3 Å². The van der Waals surface area contributed by atoms with Crippen LogP contribution in [0.4, 0.5) is 5.69 Å². The minimum absolute atomic E-state index is 0.0517.